The van der Waals surface area contributed by atoms with Gasteiger partial charge in [0.2, 0.25) is 0 Å². The zero-order valence-corrected chi connectivity index (χ0v) is 8.85. The Morgan fingerprint density at radius 1 is 1.33 bits per heavy atom. The maximum atomic E-state index is 9.38. The normalized spacial score (nSPS) is 14.8. The minimum atomic E-state index is -0.169. The van der Waals surface area contributed by atoms with Crippen molar-refractivity contribution in [1.82, 2.24) is 5.32 Å². The van der Waals surface area contributed by atoms with E-state index >= 15 is 0 Å². The summed E-state index contributed by atoms with van der Waals surface area (Å²) in [5.41, 5.74) is 0.311. The third-order valence-corrected chi connectivity index (χ3v) is 1.66. The van der Waals surface area contributed by atoms with Crippen LogP contribution in [0.5, 0.6) is 0 Å². The average molecular weight is 173 g/mol. The average Bonchev–Trinajstić information content (AvgIpc) is 1.84. The van der Waals surface area contributed by atoms with E-state index in [1.807, 2.05) is 0 Å². The molecule has 1 atom stereocenters. The van der Waals surface area contributed by atoms with Crippen molar-refractivity contribution in [2.75, 3.05) is 13.1 Å². The largest absolute Gasteiger partial charge is 0.392 e. The molecule has 74 valence electrons. The highest BCUT2D eigenvalue weighted by Gasteiger charge is 2.10. The summed E-state index contributed by atoms with van der Waals surface area (Å²) < 4.78 is 0. The van der Waals surface area contributed by atoms with E-state index in [-0.39, 0.29) is 6.10 Å². The maximum absolute atomic E-state index is 9.38. The monoisotopic (exact) mass is 173 g/mol. The third-order valence-electron chi connectivity index (χ3n) is 1.66. The lowest BCUT2D eigenvalue weighted by Gasteiger charge is -2.20. The Kier molecular flexibility index (Phi) is 5.51. The Morgan fingerprint density at radius 2 is 1.92 bits per heavy atom. The fourth-order valence-corrected chi connectivity index (χ4v) is 1.05. The van der Waals surface area contributed by atoms with Crippen molar-refractivity contribution in [3.8, 4) is 0 Å². The van der Waals surface area contributed by atoms with E-state index in [9.17, 15) is 5.11 Å². The Balaban J connectivity index is 3.31. The van der Waals surface area contributed by atoms with E-state index < -0.39 is 0 Å². The van der Waals surface area contributed by atoms with E-state index in [1.165, 1.54) is 0 Å². The van der Waals surface area contributed by atoms with Crippen LogP contribution in [0.25, 0.3) is 0 Å². The highest BCUT2D eigenvalue weighted by Crippen LogP contribution is 2.10. The molecule has 0 aliphatic carbocycles. The van der Waals surface area contributed by atoms with Gasteiger partial charge in [0.1, 0.15) is 0 Å². The molecule has 2 nitrogen and oxygen atoms in total. The van der Waals surface area contributed by atoms with Crippen molar-refractivity contribution in [2.45, 2.75) is 46.6 Å². The molecule has 12 heavy (non-hydrogen) atoms. The summed E-state index contributed by atoms with van der Waals surface area (Å²) >= 11 is 0. The lowest BCUT2D eigenvalue weighted by atomic mass is 9.97. The molecule has 0 spiro atoms. The van der Waals surface area contributed by atoms with E-state index in [4.69, 9.17) is 0 Å². The van der Waals surface area contributed by atoms with Gasteiger partial charge in [-0.15, -0.1) is 0 Å². The molecule has 0 aromatic rings. The fourth-order valence-electron chi connectivity index (χ4n) is 1.05. The number of aliphatic hydroxyl groups is 1. The lowest BCUT2D eigenvalue weighted by Crippen LogP contribution is -2.33. The zero-order valence-electron chi connectivity index (χ0n) is 8.85. The van der Waals surface area contributed by atoms with E-state index in [0.717, 1.165) is 25.9 Å². The molecule has 0 saturated carbocycles. The zero-order chi connectivity index (χ0) is 9.61. The maximum Gasteiger partial charge on any atom is 0.0664 e. The SMILES string of the molecule is CCCC(O)CNCC(C)(C)C. The first-order chi connectivity index (χ1) is 5.45. The predicted octanol–water partition coefficient (Wildman–Crippen LogP) is 1.78. The van der Waals surface area contributed by atoms with Gasteiger partial charge < -0.3 is 10.4 Å². The van der Waals surface area contributed by atoms with Gasteiger partial charge in [0.15, 0.2) is 0 Å². The van der Waals surface area contributed by atoms with Crippen LogP contribution < -0.4 is 5.32 Å². The van der Waals surface area contributed by atoms with E-state index in [0.29, 0.717) is 5.41 Å². The van der Waals surface area contributed by atoms with E-state index in [1.54, 1.807) is 0 Å². The highest BCUT2D eigenvalue weighted by atomic mass is 16.3. The Morgan fingerprint density at radius 3 is 2.33 bits per heavy atom. The van der Waals surface area contributed by atoms with Gasteiger partial charge in [0, 0.05) is 13.1 Å². The summed E-state index contributed by atoms with van der Waals surface area (Å²) in [5, 5.41) is 12.6. The molecule has 1 unspecified atom stereocenters. The van der Waals surface area contributed by atoms with Crippen LogP contribution in [0.3, 0.4) is 0 Å². The van der Waals surface area contributed by atoms with Gasteiger partial charge in [0.05, 0.1) is 6.10 Å². The minimum Gasteiger partial charge on any atom is -0.392 e. The molecule has 0 aromatic heterocycles. The van der Waals surface area contributed by atoms with Crippen LogP contribution >= 0.6 is 0 Å². The van der Waals surface area contributed by atoms with Crippen LogP contribution in [0.15, 0.2) is 0 Å². The molecule has 0 amide bonds. The summed E-state index contributed by atoms with van der Waals surface area (Å²) in [6.45, 7) is 10.3. The second-order valence-electron chi connectivity index (χ2n) is 4.63. The van der Waals surface area contributed by atoms with Crippen LogP contribution in [-0.4, -0.2) is 24.3 Å². The Bertz CT molecular complexity index is 107. The van der Waals surface area contributed by atoms with Crippen LogP contribution in [0.2, 0.25) is 0 Å². The van der Waals surface area contributed by atoms with Crippen molar-refractivity contribution >= 4 is 0 Å². The molecule has 0 radical (unpaired) electrons. The van der Waals surface area contributed by atoms with Crippen LogP contribution in [0.1, 0.15) is 40.5 Å². The summed E-state index contributed by atoms with van der Waals surface area (Å²) in [5.74, 6) is 0. The van der Waals surface area contributed by atoms with Crippen molar-refractivity contribution in [2.24, 2.45) is 5.41 Å². The molecular weight excluding hydrogens is 150 g/mol. The van der Waals surface area contributed by atoms with Crippen molar-refractivity contribution in [1.29, 1.82) is 0 Å². The minimum absolute atomic E-state index is 0.169. The second-order valence-corrected chi connectivity index (χ2v) is 4.63. The van der Waals surface area contributed by atoms with Crippen molar-refractivity contribution in [3.63, 3.8) is 0 Å². The molecular formula is C10H23NO. The number of aliphatic hydroxyl groups excluding tert-OH is 1. The van der Waals surface area contributed by atoms with Gasteiger partial charge in [-0.05, 0) is 11.8 Å². The first-order valence-corrected chi connectivity index (χ1v) is 4.84. The predicted molar refractivity (Wildman–Crippen MR) is 53.2 cm³/mol. The Labute approximate surface area is 76.4 Å². The van der Waals surface area contributed by atoms with Gasteiger partial charge in [0.25, 0.3) is 0 Å². The van der Waals surface area contributed by atoms with Crippen molar-refractivity contribution in [3.05, 3.63) is 0 Å². The van der Waals surface area contributed by atoms with Crippen LogP contribution in [0, 0.1) is 5.41 Å². The number of hydrogen-bond donors (Lipinski definition) is 2. The van der Waals surface area contributed by atoms with Gasteiger partial charge >= 0.3 is 0 Å². The van der Waals surface area contributed by atoms with E-state index in [2.05, 4.69) is 33.0 Å². The number of nitrogens with one attached hydrogen (secondary N) is 1. The molecule has 0 bridgehead atoms. The Hall–Kier alpha value is -0.0800. The summed E-state index contributed by atoms with van der Waals surface area (Å²) in [7, 11) is 0. The molecule has 0 saturated heterocycles. The number of hydrogen-bond acceptors (Lipinski definition) is 2. The summed E-state index contributed by atoms with van der Waals surface area (Å²) in [4.78, 5) is 0. The topological polar surface area (TPSA) is 32.3 Å². The molecule has 0 rings (SSSR count). The van der Waals surface area contributed by atoms with Gasteiger partial charge in [-0.25, -0.2) is 0 Å². The first kappa shape index (κ1) is 11.9. The first-order valence-electron chi connectivity index (χ1n) is 4.84. The number of rotatable bonds is 5. The molecule has 0 aromatic carbocycles. The van der Waals surface area contributed by atoms with Crippen LogP contribution in [0.4, 0.5) is 0 Å². The second kappa shape index (κ2) is 5.55. The highest BCUT2D eigenvalue weighted by molar-refractivity contribution is 4.67. The standard InChI is InChI=1S/C10H23NO/c1-5-6-9(12)7-11-8-10(2,3)4/h9,11-12H,5-8H2,1-4H3. The summed E-state index contributed by atoms with van der Waals surface area (Å²) in [6.07, 6.45) is 1.78. The summed E-state index contributed by atoms with van der Waals surface area (Å²) in [6, 6.07) is 0. The molecule has 0 aliphatic heterocycles. The fraction of sp³-hybridized carbons (Fsp3) is 1.00. The molecule has 2 heteroatoms. The van der Waals surface area contributed by atoms with Crippen molar-refractivity contribution < 1.29 is 5.11 Å². The smallest absolute Gasteiger partial charge is 0.0664 e. The molecule has 0 heterocycles. The van der Waals surface area contributed by atoms with Gasteiger partial charge in [-0.3, -0.25) is 0 Å². The van der Waals surface area contributed by atoms with Gasteiger partial charge in [-0.1, -0.05) is 34.1 Å². The quantitative estimate of drug-likeness (QED) is 0.664. The van der Waals surface area contributed by atoms with Crippen LogP contribution in [-0.2, 0) is 0 Å². The van der Waals surface area contributed by atoms with Gasteiger partial charge in [-0.2, -0.15) is 0 Å². The molecule has 0 aliphatic rings. The molecule has 0 fully saturated rings. The third kappa shape index (κ3) is 8.02. The lowest BCUT2D eigenvalue weighted by molar-refractivity contribution is 0.156. The molecule has 2 N–H and O–H groups in total.